The Balaban J connectivity index is 1.63. The molecule has 0 amide bonds. The van der Waals surface area contributed by atoms with Gasteiger partial charge in [0.1, 0.15) is 0 Å². The Bertz CT molecular complexity index is 1110. The molecule has 144 valence electrons. The van der Waals surface area contributed by atoms with Crippen molar-refractivity contribution in [2.75, 3.05) is 11.9 Å². The Morgan fingerprint density at radius 3 is 2.07 bits per heavy atom. The molecule has 4 aromatic rings. The Morgan fingerprint density at radius 1 is 0.893 bits per heavy atom. The lowest BCUT2D eigenvalue weighted by molar-refractivity contribution is 0.169. The van der Waals surface area contributed by atoms with Crippen molar-refractivity contribution in [3.63, 3.8) is 0 Å². The van der Waals surface area contributed by atoms with Crippen molar-refractivity contribution in [3.05, 3.63) is 75.8 Å². The normalized spacial score (nSPS) is 12.6. The number of hydrogen-bond acceptors (Lipinski definition) is 2. The van der Waals surface area contributed by atoms with Gasteiger partial charge in [-0.1, -0.05) is 40.9 Å². The SMILES string of the molecule is Cc1ccc(NC[C@@H](O)Cn2c3ccc(Cl)cc3c3cc(Cl)ccc32)c(C)c1. The van der Waals surface area contributed by atoms with E-state index >= 15 is 0 Å². The van der Waals surface area contributed by atoms with Crippen LogP contribution in [0.25, 0.3) is 21.8 Å². The van der Waals surface area contributed by atoms with Gasteiger partial charge in [-0.05, 0) is 61.9 Å². The van der Waals surface area contributed by atoms with E-state index in [1.165, 1.54) is 11.1 Å². The molecule has 0 aliphatic heterocycles. The van der Waals surface area contributed by atoms with E-state index in [0.717, 1.165) is 27.5 Å². The van der Waals surface area contributed by atoms with Crippen LogP contribution in [0.15, 0.2) is 54.6 Å². The molecule has 3 aromatic carbocycles. The van der Waals surface area contributed by atoms with Gasteiger partial charge in [0, 0.05) is 44.1 Å². The van der Waals surface area contributed by atoms with Crippen LogP contribution in [0.2, 0.25) is 10.0 Å². The largest absolute Gasteiger partial charge is 0.389 e. The molecule has 0 spiro atoms. The van der Waals surface area contributed by atoms with Crippen LogP contribution in [0.5, 0.6) is 0 Å². The fourth-order valence-corrected chi connectivity index (χ4v) is 4.10. The van der Waals surface area contributed by atoms with Gasteiger partial charge >= 0.3 is 0 Å². The first-order chi connectivity index (χ1) is 13.4. The van der Waals surface area contributed by atoms with Crippen molar-refractivity contribution < 1.29 is 5.11 Å². The van der Waals surface area contributed by atoms with E-state index < -0.39 is 6.10 Å². The molecule has 1 heterocycles. The number of hydrogen-bond donors (Lipinski definition) is 2. The minimum absolute atomic E-state index is 0.465. The molecule has 0 aliphatic carbocycles. The van der Waals surface area contributed by atoms with Crippen molar-refractivity contribution in [3.8, 4) is 0 Å². The fourth-order valence-electron chi connectivity index (χ4n) is 3.76. The molecule has 0 saturated carbocycles. The predicted molar refractivity (Wildman–Crippen MR) is 120 cm³/mol. The zero-order valence-corrected chi connectivity index (χ0v) is 17.3. The number of rotatable bonds is 5. The molecule has 0 bridgehead atoms. The van der Waals surface area contributed by atoms with Crippen LogP contribution in [0.4, 0.5) is 5.69 Å². The van der Waals surface area contributed by atoms with Crippen molar-refractivity contribution in [2.45, 2.75) is 26.5 Å². The van der Waals surface area contributed by atoms with Gasteiger partial charge < -0.3 is 15.0 Å². The van der Waals surface area contributed by atoms with Crippen molar-refractivity contribution >= 4 is 50.7 Å². The quantitative estimate of drug-likeness (QED) is 0.409. The second kappa shape index (κ2) is 7.67. The van der Waals surface area contributed by atoms with Crippen molar-refractivity contribution in [1.29, 1.82) is 0 Å². The highest BCUT2D eigenvalue weighted by molar-refractivity contribution is 6.33. The molecule has 2 N–H and O–H groups in total. The maximum atomic E-state index is 10.7. The summed E-state index contributed by atoms with van der Waals surface area (Å²) in [5, 5.41) is 17.5. The number of aliphatic hydroxyl groups excluding tert-OH is 1. The summed E-state index contributed by atoms with van der Waals surface area (Å²) < 4.78 is 2.13. The van der Waals surface area contributed by atoms with Crippen LogP contribution in [0.3, 0.4) is 0 Å². The molecule has 3 nitrogen and oxygen atoms in total. The first-order valence-electron chi connectivity index (χ1n) is 9.28. The molecule has 0 saturated heterocycles. The third-order valence-corrected chi connectivity index (χ3v) is 5.56. The fraction of sp³-hybridized carbons (Fsp3) is 0.217. The maximum absolute atomic E-state index is 10.7. The van der Waals surface area contributed by atoms with Crippen LogP contribution >= 0.6 is 23.2 Å². The minimum Gasteiger partial charge on any atom is -0.389 e. The van der Waals surface area contributed by atoms with Gasteiger partial charge in [-0.3, -0.25) is 0 Å². The molecule has 1 atom stereocenters. The van der Waals surface area contributed by atoms with Crippen LogP contribution in [-0.4, -0.2) is 22.3 Å². The van der Waals surface area contributed by atoms with E-state index in [2.05, 4.69) is 41.9 Å². The van der Waals surface area contributed by atoms with Gasteiger partial charge in [0.2, 0.25) is 0 Å². The molecule has 0 aliphatic rings. The maximum Gasteiger partial charge on any atom is 0.0891 e. The monoisotopic (exact) mass is 412 g/mol. The van der Waals surface area contributed by atoms with E-state index in [0.29, 0.717) is 23.1 Å². The second-order valence-electron chi connectivity index (χ2n) is 7.29. The number of nitrogens with one attached hydrogen (secondary N) is 1. The minimum atomic E-state index is -0.550. The van der Waals surface area contributed by atoms with Gasteiger partial charge in [-0.2, -0.15) is 0 Å². The average Bonchev–Trinajstić information content (AvgIpc) is 2.93. The molecular formula is C23H22Cl2N2O. The summed E-state index contributed by atoms with van der Waals surface area (Å²) in [7, 11) is 0. The molecule has 5 heteroatoms. The zero-order chi connectivity index (χ0) is 19.8. The number of nitrogens with zero attached hydrogens (tertiary/aromatic N) is 1. The number of aromatic nitrogens is 1. The zero-order valence-electron chi connectivity index (χ0n) is 15.8. The Morgan fingerprint density at radius 2 is 1.50 bits per heavy atom. The van der Waals surface area contributed by atoms with Gasteiger partial charge in [-0.15, -0.1) is 0 Å². The molecule has 0 fully saturated rings. The van der Waals surface area contributed by atoms with Crippen molar-refractivity contribution in [1.82, 2.24) is 4.57 Å². The van der Waals surface area contributed by atoms with E-state index in [1.54, 1.807) is 0 Å². The Labute approximate surface area is 174 Å². The number of fused-ring (bicyclic) bond motifs is 3. The highest BCUT2D eigenvalue weighted by Gasteiger charge is 2.15. The predicted octanol–water partition coefficient (Wildman–Crippen LogP) is 6.19. The van der Waals surface area contributed by atoms with E-state index in [9.17, 15) is 5.11 Å². The lowest BCUT2D eigenvalue weighted by Crippen LogP contribution is -2.25. The smallest absolute Gasteiger partial charge is 0.0891 e. The van der Waals surface area contributed by atoms with E-state index in [-0.39, 0.29) is 0 Å². The number of benzene rings is 3. The summed E-state index contributed by atoms with van der Waals surface area (Å²) in [5.41, 5.74) is 5.52. The van der Waals surface area contributed by atoms with Crippen LogP contribution in [0.1, 0.15) is 11.1 Å². The summed E-state index contributed by atoms with van der Waals surface area (Å²) in [6.07, 6.45) is -0.550. The Kier molecular flexibility index (Phi) is 5.24. The third-order valence-electron chi connectivity index (χ3n) is 5.09. The molecular weight excluding hydrogens is 391 g/mol. The third kappa shape index (κ3) is 3.70. The number of anilines is 1. The van der Waals surface area contributed by atoms with Crippen LogP contribution in [0, 0.1) is 13.8 Å². The Hall–Kier alpha value is -2.20. The summed E-state index contributed by atoms with van der Waals surface area (Å²) in [5.74, 6) is 0. The van der Waals surface area contributed by atoms with Crippen LogP contribution in [-0.2, 0) is 6.54 Å². The molecule has 0 unspecified atom stereocenters. The van der Waals surface area contributed by atoms with E-state index in [4.69, 9.17) is 23.2 Å². The average molecular weight is 413 g/mol. The highest BCUT2D eigenvalue weighted by Crippen LogP contribution is 2.33. The number of halogens is 2. The summed E-state index contributed by atoms with van der Waals surface area (Å²) in [6.45, 7) is 5.09. The summed E-state index contributed by atoms with van der Waals surface area (Å²) in [4.78, 5) is 0. The summed E-state index contributed by atoms with van der Waals surface area (Å²) >= 11 is 12.4. The molecule has 0 radical (unpaired) electrons. The van der Waals surface area contributed by atoms with Gasteiger partial charge in [0.25, 0.3) is 0 Å². The lowest BCUT2D eigenvalue weighted by Gasteiger charge is -2.17. The lowest BCUT2D eigenvalue weighted by atomic mass is 10.1. The second-order valence-corrected chi connectivity index (χ2v) is 8.16. The van der Waals surface area contributed by atoms with Gasteiger partial charge in [0.15, 0.2) is 0 Å². The van der Waals surface area contributed by atoms with Gasteiger partial charge in [-0.25, -0.2) is 0 Å². The first kappa shape index (κ1) is 19.1. The number of aryl methyl sites for hydroxylation is 2. The van der Waals surface area contributed by atoms with Crippen molar-refractivity contribution in [2.24, 2.45) is 0 Å². The van der Waals surface area contributed by atoms with Crippen LogP contribution < -0.4 is 5.32 Å². The molecule has 4 rings (SSSR count). The topological polar surface area (TPSA) is 37.2 Å². The highest BCUT2D eigenvalue weighted by atomic mass is 35.5. The first-order valence-corrected chi connectivity index (χ1v) is 10.0. The standard InChI is InChI=1S/C23H22Cl2N2O/c1-14-3-6-21(15(2)9-14)26-12-18(28)13-27-22-7-4-16(24)10-19(22)20-11-17(25)5-8-23(20)27/h3-11,18,26,28H,12-13H2,1-2H3/t18-/m1/s1. The van der Waals surface area contributed by atoms with E-state index in [1.807, 2.05) is 36.4 Å². The molecule has 1 aromatic heterocycles. The molecule has 28 heavy (non-hydrogen) atoms. The number of aliphatic hydroxyl groups is 1. The summed E-state index contributed by atoms with van der Waals surface area (Å²) in [6, 6.07) is 17.9. The van der Waals surface area contributed by atoms with Gasteiger partial charge in [0.05, 0.1) is 12.6 Å².